The molecule has 3 rings (SSSR count). The van der Waals surface area contributed by atoms with Gasteiger partial charge in [-0.15, -0.1) is 0 Å². The van der Waals surface area contributed by atoms with E-state index in [0.29, 0.717) is 5.65 Å². The minimum atomic E-state index is -0.0334. The fourth-order valence-electron chi connectivity index (χ4n) is 2.57. The first-order valence-corrected chi connectivity index (χ1v) is 6.03. The van der Waals surface area contributed by atoms with Crippen LogP contribution in [0.3, 0.4) is 0 Å². The molecule has 0 bridgehead atoms. The lowest BCUT2D eigenvalue weighted by Gasteiger charge is -2.31. The third-order valence-electron chi connectivity index (χ3n) is 3.51. The summed E-state index contributed by atoms with van der Waals surface area (Å²) in [6.45, 7) is 1.08. The van der Waals surface area contributed by atoms with E-state index in [1.807, 2.05) is 6.07 Å². The van der Waals surface area contributed by atoms with Crippen LogP contribution >= 0.6 is 0 Å². The molecule has 0 amide bonds. The van der Waals surface area contributed by atoms with Crippen molar-refractivity contribution in [3.05, 3.63) is 34.4 Å². The molecule has 0 saturated carbocycles. The number of aromatic nitrogens is 3. The van der Waals surface area contributed by atoms with Crippen molar-refractivity contribution in [3.63, 3.8) is 0 Å². The molecule has 5 nitrogen and oxygen atoms in total. The van der Waals surface area contributed by atoms with Crippen molar-refractivity contribution in [2.75, 3.05) is 13.6 Å². The average molecular weight is 232 g/mol. The number of rotatable bonds is 1. The maximum atomic E-state index is 11.9. The molecule has 0 radical (unpaired) electrons. The molecule has 17 heavy (non-hydrogen) atoms. The van der Waals surface area contributed by atoms with Crippen LogP contribution in [0.2, 0.25) is 0 Å². The van der Waals surface area contributed by atoms with E-state index >= 15 is 0 Å². The molecule has 0 aliphatic carbocycles. The number of hydrogen-bond acceptors (Lipinski definition) is 3. The summed E-state index contributed by atoms with van der Waals surface area (Å²) in [5.74, 6) is 0. The zero-order valence-corrected chi connectivity index (χ0v) is 9.89. The minimum absolute atomic E-state index is 0.0334. The maximum Gasteiger partial charge on any atom is 0.272 e. The number of likely N-dealkylation sites (tertiary alicyclic amines) is 1. The highest BCUT2D eigenvalue weighted by atomic mass is 16.1. The second-order valence-electron chi connectivity index (χ2n) is 4.67. The predicted molar refractivity (Wildman–Crippen MR) is 65.0 cm³/mol. The van der Waals surface area contributed by atoms with Crippen LogP contribution in [-0.4, -0.2) is 33.1 Å². The van der Waals surface area contributed by atoms with E-state index in [9.17, 15) is 4.79 Å². The molecule has 2 aromatic rings. The van der Waals surface area contributed by atoms with Gasteiger partial charge in [-0.25, -0.2) is 9.50 Å². The smallest absolute Gasteiger partial charge is 0.272 e. The van der Waals surface area contributed by atoms with Gasteiger partial charge in [0.25, 0.3) is 5.56 Å². The highest BCUT2D eigenvalue weighted by molar-refractivity contribution is 5.36. The number of nitrogens with zero attached hydrogens (tertiary/aromatic N) is 3. The molecule has 0 spiro atoms. The number of fused-ring (bicyclic) bond motifs is 1. The van der Waals surface area contributed by atoms with Gasteiger partial charge in [-0.2, -0.15) is 0 Å². The monoisotopic (exact) mass is 232 g/mol. The Morgan fingerprint density at radius 3 is 3.18 bits per heavy atom. The SMILES string of the molecule is CN1CCCCC1c1cc(=O)n2[nH]ccc2n1. The van der Waals surface area contributed by atoms with Crippen LogP contribution in [0.4, 0.5) is 0 Å². The number of H-pyrrole nitrogens is 1. The number of piperidine rings is 1. The second-order valence-corrected chi connectivity index (χ2v) is 4.67. The third kappa shape index (κ3) is 1.76. The van der Waals surface area contributed by atoms with Gasteiger partial charge in [0.1, 0.15) is 0 Å². The summed E-state index contributed by atoms with van der Waals surface area (Å²) in [6, 6.07) is 3.76. The first kappa shape index (κ1) is 10.5. The van der Waals surface area contributed by atoms with E-state index in [-0.39, 0.29) is 11.6 Å². The van der Waals surface area contributed by atoms with Crippen molar-refractivity contribution in [1.29, 1.82) is 0 Å². The molecular formula is C12H16N4O. The normalized spacial score (nSPS) is 22.1. The Morgan fingerprint density at radius 1 is 1.47 bits per heavy atom. The fraction of sp³-hybridized carbons (Fsp3) is 0.500. The van der Waals surface area contributed by atoms with E-state index in [1.165, 1.54) is 17.4 Å². The van der Waals surface area contributed by atoms with Gasteiger partial charge in [-0.05, 0) is 26.4 Å². The summed E-state index contributed by atoms with van der Waals surface area (Å²) >= 11 is 0. The standard InChI is InChI=1S/C12H16N4O/c1-15-7-3-2-4-10(15)9-8-12(17)16-11(14-9)5-6-13-16/h5-6,8,10,13H,2-4,7H2,1H3. The summed E-state index contributed by atoms with van der Waals surface area (Å²) in [7, 11) is 2.10. The maximum absolute atomic E-state index is 11.9. The van der Waals surface area contributed by atoms with E-state index in [1.54, 1.807) is 12.3 Å². The average Bonchev–Trinajstić information content (AvgIpc) is 2.78. The molecule has 5 heteroatoms. The molecule has 90 valence electrons. The van der Waals surface area contributed by atoms with Gasteiger partial charge in [-0.1, -0.05) is 6.42 Å². The summed E-state index contributed by atoms with van der Waals surface area (Å²) < 4.78 is 1.46. The van der Waals surface area contributed by atoms with E-state index in [0.717, 1.165) is 18.7 Å². The Morgan fingerprint density at radius 2 is 2.35 bits per heavy atom. The lowest BCUT2D eigenvalue weighted by atomic mass is 10.00. The number of aromatic amines is 1. The summed E-state index contributed by atoms with van der Waals surface area (Å²) in [5, 5.41) is 2.86. The molecule has 0 aromatic carbocycles. The van der Waals surface area contributed by atoms with Gasteiger partial charge in [0.05, 0.1) is 11.7 Å². The highest BCUT2D eigenvalue weighted by Crippen LogP contribution is 2.27. The van der Waals surface area contributed by atoms with Gasteiger partial charge in [-0.3, -0.25) is 14.8 Å². The lowest BCUT2D eigenvalue weighted by Crippen LogP contribution is -2.31. The van der Waals surface area contributed by atoms with Gasteiger partial charge in [0.15, 0.2) is 5.65 Å². The zero-order valence-electron chi connectivity index (χ0n) is 9.89. The van der Waals surface area contributed by atoms with Crippen LogP contribution in [0.5, 0.6) is 0 Å². The number of nitrogens with one attached hydrogen (secondary N) is 1. The molecule has 1 fully saturated rings. The second kappa shape index (κ2) is 4.00. The highest BCUT2D eigenvalue weighted by Gasteiger charge is 2.22. The van der Waals surface area contributed by atoms with Gasteiger partial charge >= 0.3 is 0 Å². The van der Waals surface area contributed by atoms with Gasteiger partial charge < -0.3 is 0 Å². The molecule has 1 unspecified atom stereocenters. The predicted octanol–water partition coefficient (Wildman–Crippen LogP) is 1.18. The molecule has 1 N–H and O–H groups in total. The summed E-state index contributed by atoms with van der Waals surface area (Å²) in [4.78, 5) is 18.7. The minimum Gasteiger partial charge on any atom is -0.298 e. The van der Waals surface area contributed by atoms with E-state index in [4.69, 9.17) is 0 Å². The van der Waals surface area contributed by atoms with E-state index in [2.05, 4.69) is 22.0 Å². The van der Waals surface area contributed by atoms with Crippen molar-refractivity contribution in [3.8, 4) is 0 Å². The van der Waals surface area contributed by atoms with Crippen molar-refractivity contribution < 1.29 is 0 Å². The van der Waals surface area contributed by atoms with Gasteiger partial charge in [0, 0.05) is 18.3 Å². The summed E-state index contributed by atoms with van der Waals surface area (Å²) in [5.41, 5.74) is 1.57. The topological polar surface area (TPSA) is 53.4 Å². The Balaban J connectivity index is 2.07. The lowest BCUT2D eigenvalue weighted by molar-refractivity contribution is 0.183. The van der Waals surface area contributed by atoms with E-state index < -0.39 is 0 Å². The van der Waals surface area contributed by atoms with Crippen molar-refractivity contribution in [2.24, 2.45) is 0 Å². The molecule has 1 aliphatic rings. The van der Waals surface area contributed by atoms with Crippen LogP contribution in [0, 0.1) is 0 Å². The zero-order chi connectivity index (χ0) is 11.8. The third-order valence-corrected chi connectivity index (χ3v) is 3.51. The largest absolute Gasteiger partial charge is 0.298 e. The Kier molecular flexibility index (Phi) is 2.48. The van der Waals surface area contributed by atoms with Crippen molar-refractivity contribution in [2.45, 2.75) is 25.3 Å². The Bertz CT molecular complexity index is 585. The first-order valence-electron chi connectivity index (χ1n) is 6.03. The number of hydrogen-bond donors (Lipinski definition) is 1. The molecule has 3 heterocycles. The van der Waals surface area contributed by atoms with Crippen LogP contribution in [0.25, 0.3) is 5.65 Å². The van der Waals surface area contributed by atoms with Crippen LogP contribution in [0.1, 0.15) is 31.0 Å². The molecule has 1 atom stereocenters. The quantitative estimate of drug-likeness (QED) is 0.803. The fourth-order valence-corrected chi connectivity index (χ4v) is 2.57. The van der Waals surface area contributed by atoms with Crippen molar-refractivity contribution >= 4 is 5.65 Å². The first-order chi connectivity index (χ1) is 8.25. The summed E-state index contributed by atoms with van der Waals surface area (Å²) in [6.07, 6.45) is 5.27. The molecule has 1 saturated heterocycles. The van der Waals surface area contributed by atoms with Crippen LogP contribution < -0.4 is 5.56 Å². The Labute approximate surface area is 99.1 Å². The molecular weight excluding hydrogens is 216 g/mol. The van der Waals surface area contributed by atoms with Gasteiger partial charge in [0.2, 0.25) is 0 Å². The van der Waals surface area contributed by atoms with Crippen molar-refractivity contribution in [1.82, 2.24) is 19.5 Å². The Hall–Kier alpha value is -1.62. The molecule has 2 aromatic heterocycles. The van der Waals surface area contributed by atoms with Crippen LogP contribution in [-0.2, 0) is 0 Å². The van der Waals surface area contributed by atoms with Crippen LogP contribution in [0.15, 0.2) is 23.1 Å². The molecule has 1 aliphatic heterocycles.